The Labute approximate surface area is 172 Å². The predicted molar refractivity (Wildman–Crippen MR) is 113 cm³/mol. The fourth-order valence-corrected chi connectivity index (χ4v) is 7.60. The molecule has 0 spiro atoms. The first kappa shape index (κ1) is 17.3. The van der Waals surface area contributed by atoms with Crippen molar-refractivity contribution in [2.75, 3.05) is 0 Å². The highest BCUT2D eigenvalue weighted by atomic mass is 79.9. The first-order valence-electron chi connectivity index (χ1n) is 9.42. The molecule has 4 aliphatic rings. The number of benzene rings is 1. The molecule has 0 unspecified atom stereocenters. The summed E-state index contributed by atoms with van der Waals surface area (Å²) >= 11 is 5.38. The van der Waals surface area contributed by atoms with Crippen LogP contribution in [0.1, 0.15) is 44.2 Å². The van der Waals surface area contributed by atoms with E-state index in [0.717, 1.165) is 27.2 Å². The van der Waals surface area contributed by atoms with Crippen molar-refractivity contribution in [3.63, 3.8) is 0 Å². The highest BCUT2D eigenvalue weighted by Crippen LogP contribution is 2.60. The molecule has 0 aliphatic heterocycles. The summed E-state index contributed by atoms with van der Waals surface area (Å²) in [7, 11) is 0. The summed E-state index contributed by atoms with van der Waals surface area (Å²) in [5.74, 6) is 2.90. The zero-order valence-electron chi connectivity index (χ0n) is 14.5. The summed E-state index contributed by atoms with van der Waals surface area (Å²) in [6.45, 7) is 0. The van der Waals surface area contributed by atoms with Crippen molar-refractivity contribution in [1.82, 2.24) is 9.38 Å². The molecule has 3 aromatic rings. The van der Waals surface area contributed by atoms with Gasteiger partial charge >= 0.3 is 0 Å². The van der Waals surface area contributed by atoms with E-state index >= 15 is 0 Å². The van der Waals surface area contributed by atoms with Crippen LogP contribution in [0.4, 0.5) is 0 Å². The van der Waals surface area contributed by atoms with Crippen LogP contribution in [0.15, 0.2) is 40.3 Å². The number of nitrogens with zero attached hydrogens (tertiary/aromatic N) is 2. The SMILES string of the molecule is Brc1cccc(-c2csc3nc(C45CC6CC(CC(C6)C4)C5)cn23)c1.Cl. The van der Waals surface area contributed by atoms with E-state index in [1.807, 2.05) is 0 Å². The lowest BCUT2D eigenvalue weighted by atomic mass is 9.49. The molecule has 0 atom stereocenters. The van der Waals surface area contributed by atoms with Crippen LogP contribution in [0.3, 0.4) is 0 Å². The summed E-state index contributed by atoms with van der Waals surface area (Å²) in [5, 5.41) is 2.24. The molecule has 4 saturated carbocycles. The molecule has 7 rings (SSSR count). The second-order valence-electron chi connectivity index (χ2n) is 8.61. The third-order valence-corrected chi connectivity index (χ3v) is 8.24. The highest BCUT2D eigenvalue weighted by Gasteiger charge is 2.52. The van der Waals surface area contributed by atoms with Gasteiger partial charge in [0.05, 0.1) is 11.4 Å². The third-order valence-electron chi connectivity index (χ3n) is 6.91. The number of halogens is 2. The van der Waals surface area contributed by atoms with Gasteiger partial charge in [0.15, 0.2) is 4.96 Å². The van der Waals surface area contributed by atoms with Gasteiger partial charge in [0.25, 0.3) is 0 Å². The van der Waals surface area contributed by atoms with Gasteiger partial charge in [0.1, 0.15) is 0 Å². The Morgan fingerprint density at radius 3 is 2.42 bits per heavy atom. The molecule has 0 amide bonds. The molecule has 0 radical (unpaired) electrons. The van der Waals surface area contributed by atoms with E-state index in [1.54, 1.807) is 11.3 Å². The molecular weight excluding hydrogens is 428 g/mol. The van der Waals surface area contributed by atoms with Gasteiger partial charge in [-0.1, -0.05) is 28.1 Å². The van der Waals surface area contributed by atoms with Crippen LogP contribution in [0.5, 0.6) is 0 Å². The fraction of sp³-hybridized carbons (Fsp3) is 0.476. The van der Waals surface area contributed by atoms with E-state index in [0.29, 0.717) is 5.41 Å². The maximum absolute atomic E-state index is 5.14. The molecule has 4 aliphatic carbocycles. The monoisotopic (exact) mass is 448 g/mol. The van der Waals surface area contributed by atoms with Crippen LogP contribution in [-0.4, -0.2) is 9.38 Å². The van der Waals surface area contributed by atoms with Gasteiger partial charge in [-0.05, 0) is 68.4 Å². The van der Waals surface area contributed by atoms with Gasteiger partial charge in [-0.3, -0.25) is 4.40 Å². The Balaban J connectivity index is 0.00000150. The number of thiazole rings is 1. The Hall–Kier alpha value is -0.840. The van der Waals surface area contributed by atoms with E-state index < -0.39 is 0 Å². The minimum atomic E-state index is 0. The minimum absolute atomic E-state index is 0. The van der Waals surface area contributed by atoms with Crippen LogP contribution in [0.25, 0.3) is 16.2 Å². The summed E-state index contributed by atoms with van der Waals surface area (Å²) < 4.78 is 3.46. The van der Waals surface area contributed by atoms with Crippen LogP contribution in [-0.2, 0) is 5.41 Å². The predicted octanol–water partition coefficient (Wildman–Crippen LogP) is 6.71. The smallest absolute Gasteiger partial charge is 0.194 e. The van der Waals surface area contributed by atoms with Crippen molar-refractivity contribution in [3.8, 4) is 11.3 Å². The van der Waals surface area contributed by atoms with Crippen molar-refractivity contribution in [3.05, 3.63) is 46.0 Å². The number of hydrogen-bond donors (Lipinski definition) is 0. The number of hydrogen-bond acceptors (Lipinski definition) is 2. The zero-order chi connectivity index (χ0) is 16.6. The number of rotatable bonds is 2. The molecule has 136 valence electrons. The Morgan fingerprint density at radius 1 is 1.08 bits per heavy atom. The normalized spacial score (nSPS) is 32.1. The maximum Gasteiger partial charge on any atom is 0.194 e. The molecule has 4 fully saturated rings. The van der Waals surface area contributed by atoms with E-state index in [9.17, 15) is 0 Å². The molecule has 0 N–H and O–H groups in total. The lowest BCUT2D eigenvalue weighted by molar-refractivity contribution is -0.00696. The summed E-state index contributed by atoms with van der Waals surface area (Å²) in [6, 6.07) is 8.59. The van der Waals surface area contributed by atoms with Crippen molar-refractivity contribution in [2.45, 2.75) is 43.9 Å². The van der Waals surface area contributed by atoms with Gasteiger partial charge in [-0.25, -0.2) is 4.98 Å². The van der Waals surface area contributed by atoms with Crippen LogP contribution in [0.2, 0.25) is 0 Å². The molecule has 0 saturated heterocycles. The highest BCUT2D eigenvalue weighted by molar-refractivity contribution is 9.10. The third kappa shape index (κ3) is 2.52. The number of aromatic nitrogens is 2. The second kappa shape index (κ2) is 6.08. The van der Waals surface area contributed by atoms with Gasteiger partial charge in [-0.15, -0.1) is 23.7 Å². The average Bonchev–Trinajstić information content (AvgIpc) is 3.14. The van der Waals surface area contributed by atoms with Gasteiger partial charge in [0.2, 0.25) is 0 Å². The summed E-state index contributed by atoms with van der Waals surface area (Å²) in [4.78, 5) is 6.29. The van der Waals surface area contributed by atoms with Gasteiger partial charge < -0.3 is 0 Å². The zero-order valence-corrected chi connectivity index (χ0v) is 17.7. The van der Waals surface area contributed by atoms with E-state index in [4.69, 9.17) is 4.98 Å². The average molecular weight is 450 g/mol. The second-order valence-corrected chi connectivity index (χ2v) is 10.4. The molecule has 1 aromatic carbocycles. The Morgan fingerprint density at radius 2 is 1.77 bits per heavy atom. The lowest BCUT2D eigenvalue weighted by Gasteiger charge is -2.56. The number of imidazole rings is 1. The van der Waals surface area contributed by atoms with Crippen molar-refractivity contribution in [2.24, 2.45) is 17.8 Å². The largest absolute Gasteiger partial charge is 0.290 e. The van der Waals surface area contributed by atoms with E-state index in [2.05, 4.69) is 56.2 Å². The Kier molecular flexibility index (Phi) is 4.04. The summed E-state index contributed by atoms with van der Waals surface area (Å²) in [5.41, 5.74) is 4.30. The molecule has 2 heterocycles. The first-order valence-corrected chi connectivity index (χ1v) is 11.1. The van der Waals surface area contributed by atoms with Gasteiger partial charge in [-0.2, -0.15) is 0 Å². The van der Waals surface area contributed by atoms with Crippen molar-refractivity contribution < 1.29 is 0 Å². The molecule has 2 aromatic heterocycles. The van der Waals surface area contributed by atoms with E-state index in [-0.39, 0.29) is 12.4 Å². The molecule has 2 nitrogen and oxygen atoms in total. The molecule has 4 bridgehead atoms. The molecule has 5 heteroatoms. The minimum Gasteiger partial charge on any atom is -0.290 e. The Bertz CT molecular complexity index is 940. The molecular formula is C21H22BrClN2S. The van der Waals surface area contributed by atoms with Crippen LogP contribution >= 0.6 is 39.7 Å². The van der Waals surface area contributed by atoms with E-state index in [1.165, 1.54) is 55.5 Å². The molecule has 26 heavy (non-hydrogen) atoms. The number of fused-ring (bicyclic) bond motifs is 1. The van der Waals surface area contributed by atoms with Crippen molar-refractivity contribution in [1.29, 1.82) is 0 Å². The summed E-state index contributed by atoms with van der Waals surface area (Å²) in [6.07, 6.45) is 11.0. The standard InChI is InChI=1S/C21H21BrN2S.ClH/c22-17-3-1-2-16(7-17)18-12-25-20-23-19(11-24(18)20)21-8-13-4-14(9-21)6-15(5-13)10-21;/h1-3,7,11-15H,4-6,8-10H2;1H. The maximum atomic E-state index is 5.14. The fourth-order valence-electron chi connectivity index (χ4n) is 6.32. The first-order chi connectivity index (χ1) is 12.2. The lowest BCUT2D eigenvalue weighted by Crippen LogP contribution is -2.48. The van der Waals surface area contributed by atoms with Crippen LogP contribution in [0, 0.1) is 17.8 Å². The van der Waals surface area contributed by atoms with Crippen LogP contribution < -0.4 is 0 Å². The van der Waals surface area contributed by atoms with Gasteiger partial charge in [0, 0.05) is 27.0 Å². The van der Waals surface area contributed by atoms with Crippen molar-refractivity contribution >= 4 is 44.6 Å². The quantitative estimate of drug-likeness (QED) is 0.424. The topological polar surface area (TPSA) is 17.3 Å².